The van der Waals surface area contributed by atoms with E-state index in [1.54, 1.807) is 0 Å². The highest BCUT2D eigenvalue weighted by Crippen LogP contribution is 2.42. The molecule has 112 valence electrons. The van der Waals surface area contributed by atoms with Crippen LogP contribution in [-0.4, -0.2) is 36.5 Å². The third kappa shape index (κ3) is 2.98. The van der Waals surface area contributed by atoms with E-state index in [4.69, 9.17) is 0 Å². The maximum Gasteiger partial charge on any atom is 0.253 e. The molecule has 2 atom stereocenters. The molecule has 2 saturated carbocycles. The molecule has 1 aliphatic heterocycles. The second-order valence-corrected chi connectivity index (χ2v) is 6.93. The molecule has 3 heteroatoms. The largest absolute Gasteiger partial charge is 0.339 e. The third-order valence-corrected chi connectivity index (χ3v) is 5.11. The number of nitrogens with zero attached hydrogens (tertiary/aromatic N) is 1. The van der Waals surface area contributed by atoms with Crippen LogP contribution in [0.5, 0.6) is 0 Å². The van der Waals surface area contributed by atoms with Crippen molar-refractivity contribution >= 4 is 5.91 Å². The molecular formula is C18H24N2O. The molecule has 0 aromatic heterocycles. The summed E-state index contributed by atoms with van der Waals surface area (Å²) in [6.45, 7) is 3.05. The minimum absolute atomic E-state index is 0.220. The van der Waals surface area contributed by atoms with E-state index < -0.39 is 0 Å². The monoisotopic (exact) mass is 284 g/mol. The van der Waals surface area contributed by atoms with Crippen LogP contribution in [0.15, 0.2) is 24.3 Å². The zero-order valence-corrected chi connectivity index (χ0v) is 12.6. The molecule has 3 fully saturated rings. The van der Waals surface area contributed by atoms with E-state index in [1.165, 1.54) is 31.4 Å². The van der Waals surface area contributed by atoms with Gasteiger partial charge in [0.2, 0.25) is 0 Å². The molecule has 21 heavy (non-hydrogen) atoms. The van der Waals surface area contributed by atoms with Crippen molar-refractivity contribution in [2.45, 2.75) is 44.1 Å². The van der Waals surface area contributed by atoms with Crippen LogP contribution in [0.1, 0.15) is 53.9 Å². The number of nitrogens with one attached hydrogen (secondary N) is 1. The molecule has 1 saturated heterocycles. The summed E-state index contributed by atoms with van der Waals surface area (Å²) in [4.78, 5) is 14.5. The van der Waals surface area contributed by atoms with Gasteiger partial charge in [0, 0.05) is 30.6 Å². The van der Waals surface area contributed by atoms with Crippen LogP contribution in [0, 0.1) is 5.92 Å². The molecule has 0 bridgehead atoms. The van der Waals surface area contributed by atoms with E-state index in [0.717, 1.165) is 37.4 Å². The lowest BCUT2D eigenvalue weighted by atomic mass is 10.1. The molecule has 3 aliphatic rings. The highest BCUT2D eigenvalue weighted by Gasteiger charge is 2.39. The number of benzene rings is 1. The predicted octanol–water partition coefficient (Wildman–Crippen LogP) is 2.78. The van der Waals surface area contributed by atoms with Crippen molar-refractivity contribution in [1.29, 1.82) is 0 Å². The zero-order chi connectivity index (χ0) is 14.2. The standard InChI is InChI=1S/C18H24N2O/c21-18(20-8-1-2-9-20)15-5-3-4-14(10-15)16-11-17(16)19-12-13-6-7-13/h3-5,10,13,16-17,19H,1-2,6-9,11-12H2/t16-,17+/m0/s1. The van der Waals surface area contributed by atoms with Crippen molar-refractivity contribution in [1.82, 2.24) is 10.2 Å². The van der Waals surface area contributed by atoms with Gasteiger partial charge in [-0.2, -0.15) is 0 Å². The van der Waals surface area contributed by atoms with Gasteiger partial charge >= 0.3 is 0 Å². The van der Waals surface area contributed by atoms with E-state index in [9.17, 15) is 4.79 Å². The second-order valence-electron chi connectivity index (χ2n) is 6.93. The van der Waals surface area contributed by atoms with Gasteiger partial charge in [0.25, 0.3) is 5.91 Å². The number of amides is 1. The summed E-state index contributed by atoms with van der Waals surface area (Å²) in [5.41, 5.74) is 2.22. The van der Waals surface area contributed by atoms with Crippen LogP contribution in [0.4, 0.5) is 0 Å². The molecule has 1 aromatic rings. The van der Waals surface area contributed by atoms with Crippen molar-refractivity contribution in [2.24, 2.45) is 5.92 Å². The van der Waals surface area contributed by atoms with E-state index in [-0.39, 0.29) is 5.91 Å². The lowest BCUT2D eigenvalue weighted by molar-refractivity contribution is 0.0792. The topological polar surface area (TPSA) is 32.3 Å². The van der Waals surface area contributed by atoms with Gasteiger partial charge in [-0.05, 0) is 62.3 Å². The molecule has 1 amide bonds. The van der Waals surface area contributed by atoms with Gasteiger partial charge in [0.05, 0.1) is 0 Å². The fourth-order valence-corrected chi connectivity index (χ4v) is 3.43. The molecule has 0 radical (unpaired) electrons. The van der Waals surface area contributed by atoms with E-state index >= 15 is 0 Å². The van der Waals surface area contributed by atoms with Gasteiger partial charge in [0.1, 0.15) is 0 Å². The number of likely N-dealkylation sites (tertiary alicyclic amines) is 1. The van der Waals surface area contributed by atoms with Crippen molar-refractivity contribution < 1.29 is 4.79 Å². The Morgan fingerprint density at radius 2 is 2.05 bits per heavy atom. The Bertz CT molecular complexity index is 532. The van der Waals surface area contributed by atoms with Crippen LogP contribution >= 0.6 is 0 Å². The number of carbonyl (C=O) groups excluding carboxylic acids is 1. The summed E-state index contributed by atoms with van der Waals surface area (Å²) in [6.07, 6.45) is 6.35. The van der Waals surface area contributed by atoms with Gasteiger partial charge in [-0.1, -0.05) is 12.1 Å². The number of hydrogen-bond acceptors (Lipinski definition) is 2. The minimum atomic E-state index is 0.220. The van der Waals surface area contributed by atoms with Crippen LogP contribution in [-0.2, 0) is 0 Å². The molecule has 1 N–H and O–H groups in total. The maximum absolute atomic E-state index is 12.5. The van der Waals surface area contributed by atoms with E-state index in [0.29, 0.717) is 12.0 Å². The zero-order valence-electron chi connectivity index (χ0n) is 12.6. The first-order chi connectivity index (χ1) is 10.3. The number of hydrogen-bond donors (Lipinski definition) is 1. The lowest BCUT2D eigenvalue weighted by Crippen LogP contribution is -2.27. The minimum Gasteiger partial charge on any atom is -0.339 e. The summed E-state index contributed by atoms with van der Waals surface area (Å²) >= 11 is 0. The lowest BCUT2D eigenvalue weighted by Gasteiger charge is -2.15. The Morgan fingerprint density at radius 1 is 1.24 bits per heavy atom. The molecule has 1 heterocycles. The van der Waals surface area contributed by atoms with Gasteiger partial charge in [-0.25, -0.2) is 0 Å². The molecular weight excluding hydrogens is 260 g/mol. The summed E-state index contributed by atoms with van der Waals surface area (Å²) in [6, 6.07) is 8.98. The van der Waals surface area contributed by atoms with Crippen molar-refractivity contribution in [3.8, 4) is 0 Å². The fraction of sp³-hybridized carbons (Fsp3) is 0.611. The van der Waals surface area contributed by atoms with Crippen LogP contribution < -0.4 is 5.32 Å². The summed E-state index contributed by atoms with van der Waals surface area (Å²) < 4.78 is 0. The Balaban J connectivity index is 1.40. The highest BCUT2D eigenvalue weighted by molar-refractivity contribution is 5.94. The molecule has 1 aromatic carbocycles. The summed E-state index contributed by atoms with van der Waals surface area (Å²) in [5, 5.41) is 3.68. The smallest absolute Gasteiger partial charge is 0.253 e. The van der Waals surface area contributed by atoms with Gasteiger partial charge < -0.3 is 10.2 Å². The van der Waals surface area contributed by atoms with Gasteiger partial charge in [-0.3, -0.25) is 4.79 Å². The first-order valence-electron chi connectivity index (χ1n) is 8.44. The van der Waals surface area contributed by atoms with E-state index in [2.05, 4.69) is 23.5 Å². The highest BCUT2D eigenvalue weighted by atomic mass is 16.2. The molecule has 0 unspecified atom stereocenters. The average molecular weight is 284 g/mol. The van der Waals surface area contributed by atoms with Crippen LogP contribution in [0.3, 0.4) is 0 Å². The van der Waals surface area contributed by atoms with Crippen molar-refractivity contribution in [3.63, 3.8) is 0 Å². The summed E-state index contributed by atoms with van der Waals surface area (Å²) in [5.74, 6) is 1.78. The van der Waals surface area contributed by atoms with Gasteiger partial charge in [0.15, 0.2) is 0 Å². The Labute approximate surface area is 126 Å². The first-order valence-corrected chi connectivity index (χ1v) is 8.44. The summed E-state index contributed by atoms with van der Waals surface area (Å²) in [7, 11) is 0. The van der Waals surface area contributed by atoms with Crippen molar-refractivity contribution in [2.75, 3.05) is 19.6 Å². The van der Waals surface area contributed by atoms with Crippen LogP contribution in [0.25, 0.3) is 0 Å². The molecule has 3 nitrogen and oxygen atoms in total. The van der Waals surface area contributed by atoms with Crippen molar-refractivity contribution in [3.05, 3.63) is 35.4 Å². The fourth-order valence-electron chi connectivity index (χ4n) is 3.43. The average Bonchev–Trinajstić information content (AvgIpc) is 3.43. The van der Waals surface area contributed by atoms with Gasteiger partial charge in [-0.15, -0.1) is 0 Å². The molecule has 2 aliphatic carbocycles. The molecule has 0 spiro atoms. The normalized spacial score (nSPS) is 27.9. The third-order valence-electron chi connectivity index (χ3n) is 5.11. The number of rotatable bonds is 5. The van der Waals surface area contributed by atoms with Crippen LogP contribution in [0.2, 0.25) is 0 Å². The molecule has 4 rings (SSSR count). The maximum atomic E-state index is 12.5. The van der Waals surface area contributed by atoms with E-state index in [1.807, 2.05) is 11.0 Å². The Hall–Kier alpha value is -1.35. The first kappa shape index (κ1) is 13.3. The predicted molar refractivity (Wildman–Crippen MR) is 83.5 cm³/mol. The Kier molecular flexibility index (Phi) is 3.46. The Morgan fingerprint density at radius 3 is 2.81 bits per heavy atom. The quantitative estimate of drug-likeness (QED) is 0.901. The number of carbonyl (C=O) groups is 1. The SMILES string of the molecule is O=C(c1cccc([C@@H]2C[C@H]2NCC2CC2)c1)N1CCCC1. The second kappa shape index (κ2) is 5.45.